The summed E-state index contributed by atoms with van der Waals surface area (Å²) in [5.74, 6) is -1.47. The number of aliphatic hydroxyl groups is 1. The topological polar surface area (TPSA) is 58.6 Å². The normalized spacial score (nSPS) is 21.4. The first-order valence-electron chi connectivity index (χ1n) is 7.60. The molecule has 122 valence electrons. The quantitative estimate of drug-likeness (QED) is 0.794. The second-order valence-electron chi connectivity index (χ2n) is 5.60. The van der Waals surface area contributed by atoms with Crippen molar-refractivity contribution in [2.75, 3.05) is 6.61 Å². The summed E-state index contributed by atoms with van der Waals surface area (Å²) in [4.78, 5) is 11.8. The van der Waals surface area contributed by atoms with Crippen molar-refractivity contribution in [3.8, 4) is 5.75 Å². The van der Waals surface area contributed by atoms with Crippen LogP contribution in [-0.4, -0.2) is 29.8 Å². The van der Waals surface area contributed by atoms with Crippen molar-refractivity contribution in [3.63, 3.8) is 0 Å². The molecule has 1 aromatic rings. The van der Waals surface area contributed by atoms with Crippen LogP contribution in [-0.2, 0) is 4.79 Å². The molecule has 2 rings (SSSR count). The van der Waals surface area contributed by atoms with Crippen molar-refractivity contribution in [1.29, 1.82) is 0 Å². The molecule has 0 heterocycles. The Labute approximate surface area is 128 Å². The number of aliphatic hydroxyl groups excluding tert-OH is 1. The average molecular weight is 313 g/mol. The summed E-state index contributed by atoms with van der Waals surface area (Å²) in [6.45, 7) is 0.194. The van der Waals surface area contributed by atoms with Gasteiger partial charge in [0.1, 0.15) is 5.82 Å². The molecule has 4 nitrogen and oxygen atoms in total. The number of amides is 1. The zero-order valence-electron chi connectivity index (χ0n) is 12.4. The first-order chi connectivity index (χ1) is 10.5. The lowest BCUT2D eigenvalue weighted by atomic mass is 9.93. The van der Waals surface area contributed by atoms with Crippen molar-refractivity contribution >= 4 is 5.91 Å². The molecule has 1 fully saturated rings. The highest BCUT2D eigenvalue weighted by molar-refractivity contribution is 5.76. The fraction of sp³-hybridized carbons (Fsp3) is 0.562. The summed E-state index contributed by atoms with van der Waals surface area (Å²) in [5.41, 5.74) is 0. The van der Waals surface area contributed by atoms with Crippen LogP contribution >= 0.6 is 0 Å². The third-order valence-electron chi connectivity index (χ3n) is 3.76. The van der Waals surface area contributed by atoms with Crippen molar-refractivity contribution in [2.45, 2.75) is 50.7 Å². The van der Waals surface area contributed by atoms with Gasteiger partial charge in [-0.05, 0) is 44.2 Å². The minimum absolute atomic E-state index is 0.0110. The second-order valence-corrected chi connectivity index (χ2v) is 5.60. The number of carbonyl (C=O) groups excluding carboxylic acids is 1. The van der Waals surface area contributed by atoms with Gasteiger partial charge in [0.2, 0.25) is 5.91 Å². The van der Waals surface area contributed by atoms with Crippen LogP contribution in [0.25, 0.3) is 0 Å². The van der Waals surface area contributed by atoms with Crippen LogP contribution < -0.4 is 10.1 Å². The smallest absolute Gasteiger partial charge is 0.220 e. The summed E-state index contributed by atoms with van der Waals surface area (Å²) < 4.78 is 31.2. The van der Waals surface area contributed by atoms with Crippen molar-refractivity contribution in [2.24, 2.45) is 0 Å². The highest BCUT2D eigenvalue weighted by atomic mass is 19.1. The lowest BCUT2D eigenvalue weighted by molar-refractivity contribution is -0.122. The number of hydrogen-bond donors (Lipinski definition) is 2. The first-order valence-corrected chi connectivity index (χ1v) is 7.60. The van der Waals surface area contributed by atoms with Crippen LogP contribution in [0, 0.1) is 11.6 Å². The molecule has 0 unspecified atom stereocenters. The second kappa shape index (κ2) is 8.08. The number of halogens is 2. The minimum atomic E-state index is -0.745. The average Bonchev–Trinajstić information content (AvgIpc) is 2.48. The predicted octanol–water partition coefficient (Wildman–Crippen LogP) is 2.54. The summed E-state index contributed by atoms with van der Waals surface area (Å²) >= 11 is 0. The predicted molar refractivity (Wildman–Crippen MR) is 77.5 cm³/mol. The van der Waals surface area contributed by atoms with Crippen molar-refractivity contribution < 1.29 is 23.4 Å². The maximum absolute atomic E-state index is 13.3. The molecule has 1 aromatic carbocycles. The molecule has 1 aliphatic carbocycles. The molecular formula is C16H21F2NO3. The fourth-order valence-electron chi connectivity index (χ4n) is 2.53. The third-order valence-corrected chi connectivity index (χ3v) is 3.76. The zero-order valence-corrected chi connectivity index (χ0v) is 12.4. The van der Waals surface area contributed by atoms with Gasteiger partial charge in [0.15, 0.2) is 11.6 Å². The Bertz CT molecular complexity index is 502. The molecule has 6 heteroatoms. The van der Waals surface area contributed by atoms with Gasteiger partial charge in [-0.2, -0.15) is 0 Å². The van der Waals surface area contributed by atoms with Crippen LogP contribution in [0.5, 0.6) is 5.75 Å². The highest BCUT2D eigenvalue weighted by Crippen LogP contribution is 2.19. The molecule has 0 spiro atoms. The van der Waals surface area contributed by atoms with E-state index in [1.54, 1.807) is 0 Å². The van der Waals surface area contributed by atoms with Crippen LogP contribution in [0.3, 0.4) is 0 Å². The van der Waals surface area contributed by atoms with Crippen LogP contribution in [0.1, 0.15) is 38.5 Å². The van der Waals surface area contributed by atoms with E-state index >= 15 is 0 Å². The Morgan fingerprint density at radius 2 is 2.00 bits per heavy atom. The fourth-order valence-corrected chi connectivity index (χ4v) is 2.53. The molecular weight excluding hydrogens is 292 g/mol. The molecule has 1 aliphatic rings. The van der Waals surface area contributed by atoms with Crippen LogP contribution in [0.2, 0.25) is 0 Å². The summed E-state index contributed by atoms with van der Waals surface area (Å²) in [5, 5.41) is 12.3. The molecule has 22 heavy (non-hydrogen) atoms. The van der Waals surface area contributed by atoms with Gasteiger partial charge >= 0.3 is 0 Å². The standard InChI is InChI=1S/C16H21F2NO3/c17-11-3-8-15(14(18)10-11)22-9-1-2-16(21)19-12-4-6-13(20)7-5-12/h3,8,10,12-13,20H,1-2,4-7,9H2,(H,19,21). The maximum atomic E-state index is 13.3. The van der Waals surface area contributed by atoms with E-state index in [9.17, 15) is 18.7 Å². The molecule has 1 amide bonds. The molecule has 0 aliphatic heterocycles. The van der Waals surface area contributed by atoms with Gasteiger partial charge < -0.3 is 15.2 Å². The number of ether oxygens (including phenoxy) is 1. The number of benzene rings is 1. The largest absolute Gasteiger partial charge is 0.491 e. The summed E-state index contributed by atoms with van der Waals surface area (Å²) in [6, 6.07) is 3.26. The van der Waals surface area contributed by atoms with E-state index in [0.29, 0.717) is 12.8 Å². The van der Waals surface area contributed by atoms with Gasteiger partial charge in [0.05, 0.1) is 12.7 Å². The molecule has 0 aromatic heterocycles. The lowest BCUT2D eigenvalue weighted by Crippen LogP contribution is -2.38. The molecule has 0 saturated heterocycles. The first kappa shape index (κ1) is 16.7. The Morgan fingerprint density at radius 1 is 1.27 bits per heavy atom. The Kier molecular flexibility index (Phi) is 6.12. The molecule has 0 bridgehead atoms. The minimum Gasteiger partial charge on any atom is -0.491 e. The van der Waals surface area contributed by atoms with Gasteiger partial charge in [0, 0.05) is 18.5 Å². The number of nitrogens with one attached hydrogen (secondary N) is 1. The lowest BCUT2D eigenvalue weighted by Gasteiger charge is -2.26. The molecule has 0 radical (unpaired) electrons. The number of carbonyl (C=O) groups is 1. The van der Waals surface area contributed by atoms with Gasteiger partial charge in [-0.3, -0.25) is 4.79 Å². The van der Waals surface area contributed by atoms with E-state index in [-0.39, 0.29) is 30.4 Å². The van der Waals surface area contributed by atoms with E-state index in [1.165, 1.54) is 6.07 Å². The van der Waals surface area contributed by atoms with E-state index in [0.717, 1.165) is 37.8 Å². The Balaban J connectivity index is 1.62. The van der Waals surface area contributed by atoms with Gasteiger partial charge in [-0.25, -0.2) is 8.78 Å². The van der Waals surface area contributed by atoms with E-state index in [2.05, 4.69) is 5.32 Å². The monoisotopic (exact) mass is 313 g/mol. The SMILES string of the molecule is O=C(CCCOc1ccc(F)cc1F)NC1CCC(O)CC1. The molecule has 2 N–H and O–H groups in total. The van der Waals surface area contributed by atoms with E-state index in [4.69, 9.17) is 4.74 Å². The summed E-state index contributed by atoms with van der Waals surface area (Å²) in [7, 11) is 0. The van der Waals surface area contributed by atoms with Crippen LogP contribution in [0.4, 0.5) is 8.78 Å². The van der Waals surface area contributed by atoms with Gasteiger partial charge in [-0.1, -0.05) is 0 Å². The van der Waals surface area contributed by atoms with Crippen LogP contribution in [0.15, 0.2) is 18.2 Å². The van der Waals surface area contributed by atoms with E-state index in [1.807, 2.05) is 0 Å². The number of hydrogen-bond acceptors (Lipinski definition) is 3. The maximum Gasteiger partial charge on any atom is 0.220 e. The Hall–Kier alpha value is -1.69. The van der Waals surface area contributed by atoms with Crippen molar-refractivity contribution in [1.82, 2.24) is 5.32 Å². The highest BCUT2D eigenvalue weighted by Gasteiger charge is 2.20. The van der Waals surface area contributed by atoms with Gasteiger partial charge in [-0.15, -0.1) is 0 Å². The zero-order chi connectivity index (χ0) is 15.9. The third kappa shape index (κ3) is 5.26. The van der Waals surface area contributed by atoms with Crippen molar-refractivity contribution in [3.05, 3.63) is 29.8 Å². The molecule has 1 saturated carbocycles. The summed E-state index contributed by atoms with van der Waals surface area (Å²) in [6.07, 6.45) is 3.54. The van der Waals surface area contributed by atoms with E-state index < -0.39 is 11.6 Å². The molecule has 0 atom stereocenters. The van der Waals surface area contributed by atoms with Gasteiger partial charge in [0.25, 0.3) is 0 Å². The Morgan fingerprint density at radius 3 is 2.68 bits per heavy atom. The number of rotatable bonds is 6.